The van der Waals surface area contributed by atoms with E-state index in [2.05, 4.69) is 12.2 Å². The first-order valence-electron chi connectivity index (χ1n) is 8.26. The Labute approximate surface area is 138 Å². The van der Waals surface area contributed by atoms with Crippen molar-refractivity contribution >= 4 is 11.9 Å². The van der Waals surface area contributed by atoms with Crippen LogP contribution in [0.1, 0.15) is 62.2 Å². The number of phenols is 1. The molecular formula is C18H27NO4. The van der Waals surface area contributed by atoms with Crippen LogP contribution in [-0.2, 0) is 9.53 Å². The average molecular weight is 321 g/mol. The molecule has 0 aliphatic rings. The Morgan fingerprint density at radius 2 is 1.70 bits per heavy atom. The summed E-state index contributed by atoms with van der Waals surface area (Å²) in [5.74, 6) is -0.671. The van der Waals surface area contributed by atoms with E-state index in [0.29, 0.717) is 12.0 Å². The minimum absolute atomic E-state index is 0.0955. The van der Waals surface area contributed by atoms with Crippen molar-refractivity contribution in [1.29, 1.82) is 0 Å². The second kappa shape index (κ2) is 10.6. The highest BCUT2D eigenvalue weighted by Crippen LogP contribution is 2.12. The molecule has 0 fully saturated rings. The van der Waals surface area contributed by atoms with Gasteiger partial charge >= 0.3 is 5.97 Å². The summed E-state index contributed by atoms with van der Waals surface area (Å²) in [6.45, 7) is 2.17. The number of phenolic OH excluding ortho intramolecular Hbond substituents is 1. The number of carbonyl (C=O) groups is 2. The van der Waals surface area contributed by atoms with Crippen molar-refractivity contribution in [3.8, 4) is 5.75 Å². The summed E-state index contributed by atoms with van der Waals surface area (Å²) in [7, 11) is 1.32. The molecule has 0 aliphatic carbocycles. The molecule has 0 unspecified atom stereocenters. The fraction of sp³-hybridized carbons (Fsp3) is 0.556. The van der Waals surface area contributed by atoms with E-state index < -0.39 is 12.0 Å². The number of nitrogens with one attached hydrogen (secondary N) is 1. The summed E-state index contributed by atoms with van der Waals surface area (Å²) in [6.07, 6.45) is 7.28. The number of amides is 1. The van der Waals surface area contributed by atoms with Gasteiger partial charge in [-0.2, -0.15) is 0 Å². The van der Waals surface area contributed by atoms with Gasteiger partial charge in [0.05, 0.1) is 7.11 Å². The van der Waals surface area contributed by atoms with Crippen molar-refractivity contribution in [1.82, 2.24) is 5.32 Å². The summed E-state index contributed by atoms with van der Waals surface area (Å²) in [5.41, 5.74) is 0.402. The Bertz CT molecular complexity index is 484. The molecule has 1 atom stereocenters. The van der Waals surface area contributed by atoms with Crippen LogP contribution in [0.25, 0.3) is 0 Å². The second-order valence-electron chi connectivity index (χ2n) is 5.65. The minimum Gasteiger partial charge on any atom is -0.508 e. The van der Waals surface area contributed by atoms with Gasteiger partial charge in [0.2, 0.25) is 0 Å². The Kier molecular flexibility index (Phi) is 8.80. The third-order valence-corrected chi connectivity index (χ3v) is 3.77. The number of unbranched alkanes of at least 4 members (excludes halogenated alkanes) is 5. The van der Waals surface area contributed by atoms with Crippen LogP contribution in [0.4, 0.5) is 0 Å². The summed E-state index contributed by atoms with van der Waals surface area (Å²) < 4.78 is 4.77. The van der Waals surface area contributed by atoms with Crippen molar-refractivity contribution in [2.24, 2.45) is 0 Å². The number of hydrogen-bond donors (Lipinski definition) is 2. The lowest BCUT2D eigenvalue weighted by atomic mass is 10.1. The SMILES string of the molecule is CCCCCCCC[C@@H](NC(=O)c1ccc(O)cc1)C(=O)OC. The highest BCUT2D eigenvalue weighted by atomic mass is 16.5. The molecule has 5 nitrogen and oxygen atoms in total. The van der Waals surface area contributed by atoms with Gasteiger partial charge in [0.25, 0.3) is 5.91 Å². The smallest absolute Gasteiger partial charge is 0.328 e. The number of rotatable bonds is 10. The normalized spacial score (nSPS) is 11.7. The van der Waals surface area contributed by atoms with Gasteiger partial charge in [0.1, 0.15) is 11.8 Å². The van der Waals surface area contributed by atoms with Crippen molar-refractivity contribution in [2.45, 2.75) is 57.9 Å². The van der Waals surface area contributed by atoms with Gasteiger partial charge in [-0.25, -0.2) is 4.79 Å². The van der Waals surface area contributed by atoms with Gasteiger partial charge in [0, 0.05) is 5.56 Å². The van der Waals surface area contributed by atoms with Crippen LogP contribution >= 0.6 is 0 Å². The molecule has 1 aromatic rings. The van der Waals surface area contributed by atoms with Crippen LogP contribution in [0, 0.1) is 0 Å². The van der Waals surface area contributed by atoms with E-state index in [-0.39, 0.29) is 11.7 Å². The second-order valence-corrected chi connectivity index (χ2v) is 5.65. The average Bonchev–Trinajstić information content (AvgIpc) is 2.56. The predicted molar refractivity (Wildman–Crippen MR) is 89.4 cm³/mol. The van der Waals surface area contributed by atoms with Crippen molar-refractivity contribution in [3.05, 3.63) is 29.8 Å². The number of aromatic hydroxyl groups is 1. The summed E-state index contributed by atoms with van der Waals surface area (Å²) in [5, 5.41) is 12.0. The molecule has 1 rings (SSSR count). The molecule has 2 N–H and O–H groups in total. The van der Waals surface area contributed by atoms with E-state index in [1.165, 1.54) is 50.6 Å². The monoisotopic (exact) mass is 321 g/mol. The fourth-order valence-electron chi connectivity index (χ4n) is 2.37. The highest BCUT2D eigenvalue weighted by molar-refractivity contribution is 5.96. The quantitative estimate of drug-likeness (QED) is 0.511. The molecule has 0 saturated heterocycles. The number of methoxy groups -OCH3 is 1. The van der Waals surface area contributed by atoms with Gasteiger partial charge in [-0.05, 0) is 30.7 Å². The zero-order chi connectivity index (χ0) is 17.1. The minimum atomic E-state index is -0.632. The van der Waals surface area contributed by atoms with Crippen LogP contribution in [0.5, 0.6) is 5.75 Å². The summed E-state index contributed by atoms with van der Waals surface area (Å²) in [4.78, 5) is 24.0. The van der Waals surface area contributed by atoms with E-state index in [1.807, 2.05) is 0 Å². The molecule has 0 aliphatic heterocycles. The Hall–Kier alpha value is -2.04. The largest absolute Gasteiger partial charge is 0.508 e. The van der Waals surface area contributed by atoms with E-state index in [1.54, 1.807) is 0 Å². The van der Waals surface area contributed by atoms with Gasteiger partial charge < -0.3 is 15.2 Å². The number of hydrogen-bond acceptors (Lipinski definition) is 4. The molecule has 0 spiro atoms. The Morgan fingerprint density at radius 3 is 2.30 bits per heavy atom. The van der Waals surface area contributed by atoms with Crippen LogP contribution in [0.2, 0.25) is 0 Å². The third-order valence-electron chi connectivity index (χ3n) is 3.77. The molecule has 0 radical (unpaired) electrons. The van der Waals surface area contributed by atoms with E-state index >= 15 is 0 Å². The standard InChI is InChI=1S/C18H27NO4/c1-3-4-5-6-7-8-9-16(18(22)23-2)19-17(21)14-10-12-15(20)13-11-14/h10-13,16,20H,3-9H2,1-2H3,(H,19,21)/t16-/m1/s1. The van der Waals surface area contributed by atoms with E-state index in [4.69, 9.17) is 4.74 Å². The van der Waals surface area contributed by atoms with Crippen molar-refractivity contribution in [2.75, 3.05) is 7.11 Å². The first-order valence-corrected chi connectivity index (χ1v) is 8.26. The maximum Gasteiger partial charge on any atom is 0.328 e. The topological polar surface area (TPSA) is 75.6 Å². The number of benzene rings is 1. The van der Waals surface area contributed by atoms with E-state index in [9.17, 15) is 14.7 Å². The lowest BCUT2D eigenvalue weighted by Gasteiger charge is -2.16. The number of ether oxygens (including phenoxy) is 1. The molecule has 23 heavy (non-hydrogen) atoms. The zero-order valence-corrected chi connectivity index (χ0v) is 14.0. The molecule has 0 bridgehead atoms. The molecule has 1 amide bonds. The maximum absolute atomic E-state index is 12.2. The number of carbonyl (C=O) groups excluding carboxylic acids is 2. The Morgan fingerprint density at radius 1 is 1.09 bits per heavy atom. The Balaban J connectivity index is 2.49. The molecule has 5 heteroatoms. The van der Waals surface area contributed by atoms with Crippen molar-refractivity contribution < 1.29 is 19.4 Å². The lowest BCUT2D eigenvalue weighted by molar-refractivity contribution is -0.143. The molecule has 128 valence electrons. The predicted octanol–water partition coefficient (Wildman–Crippen LogP) is 3.41. The van der Waals surface area contributed by atoms with Gasteiger partial charge in [0.15, 0.2) is 0 Å². The number of esters is 1. The molecule has 0 aromatic heterocycles. The maximum atomic E-state index is 12.2. The molecular weight excluding hydrogens is 294 g/mol. The van der Waals surface area contributed by atoms with Crippen LogP contribution in [-0.4, -0.2) is 30.1 Å². The third kappa shape index (κ3) is 7.17. The first kappa shape index (κ1) is 19.0. The van der Waals surface area contributed by atoms with E-state index in [0.717, 1.165) is 19.3 Å². The van der Waals surface area contributed by atoms with Crippen LogP contribution in [0.15, 0.2) is 24.3 Å². The molecule has 1 aromatic carbocycles. The van der Waals surface area contributed by atoms with Gasteiger partial charge in [-0.15, -0.1) is 0 Å². The summed E-state index contributed by atoms with van der Waals surface area (Å²) >= 11 is 0. The molecule has 0 heterocycles. The zero-order valence-electron chi connectivity index (χ0n) is 14.0. The fourth-order valence-corrected chi connectivity index (χ4v) is 2.37. The summed E-state index contributed by atoms with van der Waals surface area (Å²) in [6, 6.07) is 5.28. The van der Waals surface area contributed by atoms with Gasteiger partial charge in [-0.3, -0.25) is 4.79 Å². The lowest BCUT2D eigenvalue weighted by Crippen LogP contribution is -2.41. The highest BCUT2D eigenvalue weighted by Gasteiger charge is 2.21. The first-order chi connectivity index (χ1) is 11.1. The van der Waals surface area contributed by atoms with Crippen LogP contribution in [0.3, 0.4) is 0 Å². The van der Waals surface area contributed by atoms with Crippen molar-refractivity contribution in [3.63, 3.8) is 0 Å². The van der Waals surface area contributed by atoms with Gasteiger partial charge in [-0.1, -0.05) is 45.4 Å². The van der Waals surface area contributed by atoms with Crippen LogP contribution < -0.4 is 5.32 Å². The molecule has 0 saturated carbocycles.